The summed E-state index contributed by atoms with van der Waals surface area (Å²) < 4.78 is 3.97. The number of hydrogen-bond donors (Lipinski definition) is 0. The average molecular weight is 152 g/mol. The fraction of sp³-hybridized carbons (Fsp3) is 0.500. The fourth-order valence-corrected chi connectivity index (χ4v) is 0.202. The molecule has 2 N–H and O–H groups in total. The summed E-state index contributed by atoms with van der Waals surface area (Å²) >= 11 is 0. The van der Waals surface area contributed by atoms with Gasteiger partial charge in [0, 0.05) is 13.8 Å². The summed E-state index contributed by atoms with van der Waals surface area (Å²) in [5, 5.41) is 0. The Labute approximate surface area is 96.4 Å². The zero-order valence-electron chi connectivity index (χ0n) is 8.72. The van der Waals surface area contributed by atoms with Crippen molar-refractivity contribution in [2.45, 2.75) is 13.8 Å². The van der Waals surface area contributed by atoms with Crippen LogP contribution in [0.15, 0.2) is 0 Å². The summed E-state index contributed by atoms with van der Waals surface area (Å²) in [6, 6.07) is 0. The minimum Gasteiger partial charge on any atom is -1.00 e. The molecule has 4 nitrogen and oxygen atoms in total. The van der Waals surface area contributed by atoms with Crippen LogP contribution >= 0.6 is 0 Å². The largest absolute Gasteiger partial charge is 1.00 e. The van der Waals surface area contributed by atoms with E-state index in [0.717, 1.165) is 0 Å². The number of esters is 2. The van der Waals surface area contributed by atoms with Crippen molar-refractivity contribution >= 4 is 11.9 Å². The van der Waals surface area contributed by atoms with Gasteiger partial charge >= 0.3 is 60.4 Å². The third kappa shape index (κ3) is 23.4. The topological polar surface area (TPSA) is 74.9 Å². The van der Waals surface area contributed by atoms with Crippen molar-refractivity contribution in [3.63, 3.8) is 0 Å². The number of rotatable bonds is 0. The van der Waals surface area contributed by atoms with Crippen molar-refractivity contribution in [1.82, 2.24) is 0 Å². The fourth-order valence-electron chi connectivity index (χ4n) is 0.202. The molecule has 0 fully saturated rings. The molecule has 10 heavy (non-hydrogen) atoms. The second kappa shape index (κ2) is 12.4. The first-order valence-corrected chi connectivity index (χ1v) is 1.82. The SMILES string of the molecule is CC(=O)OC(C)=O.O.[H-].[H-].[Li+].[Na+]. The van der Waals surface area contributed by atoms with Gasteiger partial charge in [0.2, 0.25) is 0 Å². The molecule has 0 aromatic rings. The summed E-state index contributed by atoms with van der Waals surface area (Å²) in [5.41, 5.74) is 0. The van der Waals surface area contributed by atoms with Gasteiger partial charge in [-0.15, -0.1) is 0 Å². The molecule has 0 aromatic heterocycles. The Kier molecular flexibility index (Phi) is 27.8. The maximum atomic E-state index is 9.81. The molecule has 0 rings (SSSR count). The minimum atomic E-state index is -0.562. The third-order valence-corrected chi connectivity index (χ3v) is 0.287. The maximum absolute atomic E-state index is 9.81. The van der Waals surface area contributed by atoms with E-state index in [0.29, 0.717) is 0 Å². The zero-order valence-corrected chi connectivity index (χ0v) is 8.72. The van der Waals surface area contributed by atoms with Crippen LogP contribution in [0.2, 0.25) is 0 Å². The number of carbonyl (C=O) groups excluding carboxylic acids is 2. The summed E-state index contributed by atoms with van der Waals surface area (Å²) in [4.78, 5) is 19.6. The standard InChI is InChI=1S/C4H6O3.Li.Na.H2O.2H/c1-3(5)7-4(2)6;;;;;/h1-2H3;;;1H2;;/q;2*+1;;2*-1. The van der Waals surface area contributed by atoms with Crippen LogP contribution in [0.5, 0.6) is 0 Å². The molecule has 0 aliphatic rings. The van der Waals surface area contributed by atoms with Gasteiger partial charge in [-0.2, -0.15) is 0 Å². The monoisotopic (exact) mass is 152 g/mol. The number of carbonyl (C=O) groups is 2. The van der Waals surface area contributed by atoms with Crippen LogP contribution in [-0.2, 0) is 14.3 Å². The molecule has 0 saturated carbocycles. The van der Waals surface area contributed by atoms with Crippen LogP contribution in [0, 0.1) is 0 Å². The van der Waals surface area contributed by atoms with Crippen LogP contribution in [-0.4, -0.2) is 17.4 Å². The van der Waals surface area contributed by atoms with E-state index in [9.17, 15) is 9.59 Å². The molecule has 0 saturated heterocycles. The van der Waals surface area contributed by atoms with Crippen LogP contribution in [0.1, 0.15) is 16.7 Å². The van der Waals surface area contributed by atoms with E-state index in [4.69, 9.17) is 0 Å². The van der Waals surface area contributed by atoms with E-state index in [1.54, 1.807) is 0 Å². The van der Waals surface area contributed by atoms with Crippen molar-refractivity contribution in [2.75, 3.05) is 0 Å². The Morgan fingerprint density at radius 3 is 1.40 bits per heavy atom. The maximum Gasteiger partial charge on any atom is 1.00 e. The van der Waals surface area contributed by atoms with Crippen molar-refractivity contribution in [1.29, 1.82) is 0 Å². The van der Waals surface area contributed by atoms with Gasteiger partial charge in [-0.1, -0.05) is 0 Å². The smallest absolute Gasteiger partial charge is 1.00 e. The van der Waals surface area contributed by atoms with Gasteiger partial charge in [0.15, 0.2) is 0 Å². The predicted octanol–water partition coefficient (Wildman–Crippen LogP) is -6.50. The van der Waals surface area contributed by atoms with Gasteiger partial charge in [0.05, 0.1) is 0 Å². The Hall–Kier alpha value is 0.697. The van der Waals surface area contributed by atoms with Crippen molar-refractivity contribution in [3.05, 3.63) is 0 Å². The molecule has 0 aromatic carbocycles. The van der Waals surface area contributed by atoms with Gasteiger partial charge in [0.25, 0.3) is 0 Å². The molecule has 0 spiro atoms. The van der Waals surface area contributed by atoms with Gasteiger partial charge in [-0.05, 0) is 0 Å². The van der Waals surface area contributed by atoms with E-state index in [1.165, 1.54) is 13.8 Å². The van der Waals surface area contributed by atoms with Crippen LogP contribution in [0.4, 0.5) is 0 Å². The number of hydrogen-bond acceptors (Lipinski definition) is 3. The van der Waals surface area contributed by atoms with Crippen LogP contribution in [0.25, 0.3) is 0 Å². The minimum absolute atomic E-state index is 0. The molecule has 0 aliphatic carbocycles. The quantitative estimate of drug-likeness (QED) is 0.197. The van der Waals surface area contributed by atoms with E-state index in [-0.39, 0.29) is 56.7 Å². The second-order valence-corrected chi connectivity index (χ2v) is 1.09. The Bertz CT molecular complexity index is 101. The predicted molar refractivity (Wildman–Crippen MR) is 28.3 cm³/mol. The number of ether oxygens (including phenoxy) is 1. The Balaban J connectivity index is -0.0000000180. The van der Waals surface area contributed by atoms with Gasteiger partial charge in [0.1, 0.15) is 0 Å². The molecule has 6 heteroatoms. The molecule has 0 amide bonds. The van der Waals surface area contributed by atoms with E-state index in [2.05, 4.69) is 4.74 Å². The summed E-state index contributed by atoms with van der Waals surface area (Å²) in [6.45, 7) is 2.36. The zero-order chi connectivity index (χ0) is 5.86. The second-order valence-electron chi connectivity index (χ2n) is 1.09. The average Bonchev–Trinajstić information content (AvgIpc) is 1.27. The van der Waals surface area contributed by atoms with Crippen molar-refractivity contribution < 1.29 is 71.1 Å². The summed E-state index contributed by atoms with van der Waals surface area (Å²) in [7, 11) is 0. The summed E-state index contributed by atoms with van der Waals surface area (Å²) in [6.07, 6.45) is 0. The van der Waals surface area contributed by atoms with Crippen LogP contribution in [0.3, 0.4) is 0 Å². The molecule has 0 heterocycles. The van der Waals surface area contributed by atoms with E-state index in [1.807, 2.05) is 0 Å². The molecule has 0 radical (unpaired) electrons. The van der Waals surface area contributed by atoms with Gasteiger partial charge < -0.3 is 13.1 Å². The molecular formula is C4H10LiNaO4. The summed E-state index contributed by atoms with van der Waals surface area (Å²) in [5.74, 6) is -1.12. The first kappa shape index (κ1) is 22.4. The third-order valence-electron chi connectivity index (χ3n) is 0.287. The molecule has 52 valence electrons. The van der Waals surface area contributed by atoms with Gasteiger partial charge in [-0.25, -0.2) is 0 Å². The van der Waals surface area contributed by atoms with Gasteiger partial charge in [-0.3, -0.25) is 9.59 Å². The van der Waals surface area contributed by atoms with E-state index < -0.39 is 11.9 Å². The molecule has 0 aliphatic heterocycles. The van der Waals surface area contributed by atoms with E-state index >= 15 is 0 Å². The Morgan fingerprint density at radius 2 is 1.40 bits per heavy atom. The Morgan fingerprint density at radius 1 is 1.20 bits per heavy atom. The molecule has 0 unspecified atom stereocenters. The first-order chi connectivity index (χ1) is 3.13. The van der Waals surface area contributed by atoms with Crippen molar-refractivity contribution in [2.24, 2.45) is 0 Å². The normalized spacial score (nSPS) is 5.40. The molecule has 0 bridgehead atoms. The molecular weight excluding hydrogens is 142 g/mol. The van der Waals surface area contributed by atoms with Crippen molar-refractivity contribution in [3.8, 4) is 0 Å². The first-order valence-electron chi connectivity index (χ1n) is 1.82. The van der Waals surface area contributed by atoms with Crippen LogP contribution < -0.4 is 48.4 Å². The molecule has 0 atom stereocenters.